The average molecular weight is 263 g/mol. The Bertz CT molecular complexity index is 431. The second-order valence-corrected chi connectivity index (χ2v) is 6.19. The van der Waals surface area contributed by atoms with E-state index < -0.39 is 0 Å². The summed E-state index contributed by atoms with van der Waals surface area (Å²) >= 11 is 0. The normalized spacial score (nSPS) is 21.3. The lowest BCUT2D eigenvalue weighted by molar-refractivity contribution is 0.307. The number of anilines is 2. The van der Waals surface area contributed by atoms with Crippen molar-refractivity contribution >= 4 is 11.5 Å². The van der Waals surface area contributed by atoms with Crippen molar-refractivity contribution in [2.75, 3.05) is 17.7 Å². The third-order valence-electron chi connectivity index (χ3n) is 3.65. The molecule has 4 heteroatoms. The molecule has 1 fully saturated rings. The van der Waals surface area contributed by atoms with Crippen LogP contribution in [0.15, 0.2) is 12.1 Å². The van der Waals surface area contributed by atoms with Gasteiger partial charge in [-0.2, -0.15) is 4.98 Å². The summed E-state index contributed by atoms with van der Waals surface area (Å²) in [7, 11) is 0. The average Bonchev–Trinajstić information content (AvgIpc) is 2.69. The highest BCUT2D eigenvalue weighted by Crippen LogP contribution is 2.38. The Labute approximate surface area is 115 Å². The smallest absolute Gasteiger partial charge is 0.239 e. The van der Waals surface area contributed by atoms with Gasteiger partial charge >= 0.3 is 0 Å². The van der Waals surface area contributed by atoms with Crippen molar-refractivity contribution < 1.29 is 4.74 Å². The molecule has 19 heavy (non-hydrogen) atoms. The van der Waals surface area contributed by atoms with Crippen LogP contribution in [0.4, 0.5) is 11.5 Å². The van der Waals surface area contributed by atoms with Crippen LogP contribution in [0.5, 0.6) is 5.88 Å². The lowest BCUT2D eigenvalue weighted by Gasteiger charge is -2.18. The monoisotopic (exact) mass is 263 g/mol. The van der Waals surface area contributed by atoms with Crippen LogP contribution >= 0.6 is 0 Å². The SMILES string of the molecule is CCCOc1nc(NC2CCC(C)(C)C2)ccc1N. The van der Waals surface area contributed by atoms with Gasteiger partial charge in [0.15, 0.2) is 0 Å². The second kappa shape index (κ2) is 5.68. The van der Waals surface area contributed by atoms with Gasteiger partial charge in [-0.05, 0) is 43.2 Å². The largest absolute Gasteiger partial charge is 0.476 e. The van der Waals surface area contributed by atoms with Gasteiger partial charge in [-0.3, -0.25) is 0 Å². The number of nitrogens with two attached hydrogens (primary N) is 1. The summed E-state index contributed by atoms with van der Waals surface area (Å²) in [6.07, 6.45) is 4.60. The Hall–Kier alpha value is -1.45. The van der Waals surface area contributed by atoms with Crippen molar-refractivity contribution in [3.63, 3.8) is 0 Å². The third-order valence-corrected chi connectivity index (χ3v) is 3.65. The first-order valence-corrected chi connectivity index (χ1v) is 7.16. The highest BCUT2D eigenvalue weighted by molar-refractivity contribution is 5.53. The molecule has 3 N–H and O–H groups in total. The Morgan fingerprint density at radius 3 is 2.89 bits per heavy atom. The van der Waals surface area contributed by atoms with E-state index in [0.717, 1.165) is 12.2 Å². The molecule has 1 aliphatic carbocycles. The molecule has 1 saturated carbocycles. The third kappa shape index (κ3) is 3.75. The Morgan fingerprint density at radius 1 is 1.47 bits per heavy atom. The summed E-state index contributed by atoms with van der Waals surface area (Å²) < 4.78 is 5.56. The number of ether oxygens (including phenoxy) is 1. The predicted octanol–water partition coefficient (Wildman–Crippen LogP) is 3.44. The van der Waals surface area contributed by atoms with Crippen LogP contribution in [0.25, 0.3) is 0 Å². The maximum Gasteiger partial charge on any atom is 0.239 e. The van der Waals surface area contributed by atoms with Gasteiger partial charge in [0.2, 0.25) is 5.88 Å². The number of hydrogen-bond donors (Lipinski definition) is 2. The highest BCUT2D eigenvalue weighted by atomic mass is 16.5. The minimum atomic E-state index is 0.438. The van der Waals surface area contributed by atoms with Gasteiger partial charge in [-0.1, -0.05) is 20.8 Å². The highest BCUT2D eigenvalue weighted by Gasteiger charge is 2.30. The van der Waals surface area contributed by atoms with Crippen molar-refractivity contribution in [2.24, 2.45) is 5.41 Å². The zero-order valence-corrected chi connectivity index (χ0v) is 12.2. The van der Waals surface area contributed by atoms with Crippen LogP contribution < -0.4 is 15.8 Å². The number of rotatable bonds is 5. The molecule has 1 heterocycles. The molecule has 4 nitrogen and oxygen atoms in total. The molecule has 1 atom stereocenters. The Balaban J connectivity index is 2.01. The summed E-state index contributed by atoms with van der Waals surface area (Å²) in [5.74, 6) is 1.41. The number of aromatic nitrogens is 1. The Morgan fingerprint density at radius 2 is 2.26 bits per heavy atom. The first-order valence-electron chi connectivity index (χ1n) is 7.16. The van der Waals surface area contributed by atoms with Crippen molar-refractivity contribution in [1.29, 1.82) is 0 Å². The van der Waals surface area contributed by atoms with Gasteiger partial charge in [0.1, 0.15) is 5.82 Å². The zero-order chi connectivity index (χ0) is 13.9. The van der Waals surface area contributed by atoms with Gasteiger partial charge in [0.05, 0.1) is 12.3 Å². The summed E-state index contributed by atoms with van der Waals surface area (Å²) in [6.45, 7) is 7.36. The van der Waals surface area contributed by atoms with E-state index in [-0.39, 0.29) is 0 Å². The lowest BCUT2D eigenvalue weighted by atomic mass is 9.92. The Kier molecular flexibility index (Phi) is 4.17. The van der Waals surface area contributed by atoms with E-state index in [1.807, 2.05) is 12.1 Å². The summed E-state index contributed by atoms with van der Waals surface area (Å²) in [5, 5.41) is 3.49. The van der Waals surface area contributed by atoms with Crippen molar-refractivity contribution in [3.8, 4) is 5.88 Å². The second-order valence-electron chi connectivity index (χ2n) is 6.19. The van der Waals surface area contributed by atoms with Crippen LogP contribution in [-0.2, 0) is 0 Å². The predicted molar refractivity (Wildman–Crippen MR) is 79.5 cm³/mol. The van der Waals surface area contributed by atoms with Crippen molar-refractivity contribution in [1.82, 2.24) is 4.98 Å². The number of nitrogen functional groups attached to an aromatic ring is 1. The fourth-order valence-electron chi connectivity index (χ4n) is 2.61. The fraction of sp³-hybridized carbons (Fsp3) is 0.667. The van der Waals surface area contributed by atoms with E-state index >= 15 is 0 Å². The number of nitrogens with zero attached hydrogens (tertiary/aromatic N) is 1. The van der Waals surface area contributed by atoms with Gasteiger partial charge in [0, 0.05) is 6.04 Å². The minimum Gasteiger partial charge on any atom is -0.476 e. The summed E-state index contributed by atoms with van der Waals surface area (Å²) in [5.41, 5.74) is 6.91. The molecule has 1 aliphatic rings. The molecule has 1 aromatic rings. The van der Waals surface area contributed by atoms with Gasteiger partial charge in [-0.15, -0.1) is 0 Å². The molecule has 106 valence electrons. The zero-order valence-electron chi connectivity index (χ0n) is 12.2. The molecule has 1 unspecified atom stereocenters. The van der Waals surface area contributed by atoms with E-state index in [1.165, 1.54) is 19.3 Å². The van der Waals surface area contributed by atoms with Crippen LogP contribution in [0, 0.1) is 5.41 Å². The molecule has 0 aliphatic heterocycles. The van der Waals surface area contributed by atoms with Crippen LogP contribution in [0.1, 0.15) is 46.5 Å². The molecule has 1 aromatic heterocycles. The molecular weight excluding hydrogens is 238 g/mol. The topological polar surface area (TPSA) is 60.2 Å². The van der Waals surface area contributed by atoms with Gasteiger partial charge in [-0.25, -0.2) is 0 Å². The quantitative estimate of drug-likeness (QED) is 0.854. The molecule has 0 amide bonds. The number of hydrogen-bond acceptors (Lipinski definition) is 4. The maximum absolute atomic E-state index is 5.87. The summed E-state index contributed by atoms with van der Waals surface area (Å²) in [4.78, 5) is 4.46. The first kappa shape index (κ1) is 14.0. The lowest BCUT2D eigenvalue weighted by Crippen LogP contribution is -2.18. The van der Waals surface area contributed by atoms with E-state index in [0.29, 0.717) is 29.6 Å². The van der Waals surface area contributed by atoms with E-state index in [2.05, 4.69) is 31.1 Å². The first-order chi connectivity index (χ1) is 9.00. The minimum absolute atomic E-state index is 0.438. The van der Waals surface area contributed by atoms with Crippen LogP contribution in [0.3, 0.4) is 0 Å². The molecule has 0 radical (unpaired) electrons. The molecular formula is C15H25N3O. The van der Waals surface area contributed by atoms with Crippen LogP contribution in [-0.4, -0.2) is 17.6 Å². The molecule has 0 saturated heterocycles. The van der Waals surface area contributed by atoms with Gasteiger partial charge in [0.25, 0.3) is 0 Å². The van der Waals surface area contributed by atoms with Crippen molar-refractivity contribution in [2.45, 2.75) is 52.5 Å². The molecule has 0 spiro atoms. The van der Waals surface area contributed by atoms with Crippen molar-refractivity contribution in [3.05, 3.63) is 12.1 Å². The standard InChI is InChI=1S/C15H25N3O/c1-4-9-19-14-12(16)5-6-13(18-14)17-11-7-8-15(2,3)10-11/h5-6,11H,4,7-10,16H2,1-3H3,(H,17,18). The number of nitrogens with one attached hydrogen (secondary N) is 1. The van der Waals surface area contributed by atoms with E-state index in [1.54, 1.807) is 0 Å². The van der Waals surface area contributed by atoms with E-state index in [4.69, 9.17) is 10.5 Å². The number of pyridine rings is 1. The maximum atomic E-state index is 5.87. The molecule has 2 rings (SSSR count). The fourth-order valence-corrected chi connectivity index (χ4v) is 2.61. The van der Waals surface area contributed by atoms with E-state index in [9.17, 15) is 0 Å². The van der Waals surface area contributed by atoms with Gasteiger partial charge < -0.3 is 15.8 Å². The molecule has 0 bridgehead atoms. The molecule has 0 aromatic carbocycles. The van der Waals surface area contributed by atoms with Crippen LogP contribution in [0.2, 0.25) is 0 Å². The summed E-state index contributed by atoms with van der Waals surface area (Å²) in [6, 6.07) is 4.30.